The van der Waals surface area contributed by atoms with Crippen LogP contribution in [0, 0.1) is 0 Å². The van der Waals surface area contributed by atoms with Crippen LogP contribution in [0.4, 0.5) is 4.79 Å². The standard InChI is InChI=1S/C16H23NO2/c1-5-12-8-6-7-9-13(12)16(10-11-16)17-14(18)19-15(2,3)4/h6-9H,5,10-11H2,1-4H3,(H,17,18). The fraction of sp³-hybridized carbons (Fsp3) is 0.562. The second-order valence-electron chi connectivity index (χ2n) is 6.22. The average molecular weight is 261 g/mol. The Balaban J connectivity index is 2.13. The van der Waals surface area contributed by atoms with E-state index in [1.807, 2.05) is 32.9 Å². The molecule has 1 aliphatic carbocycles. The summed E-state index contributed by atoms with van der Waals surface area (Å²) < 4.78 is 5.36. The number of amides is 1. The quantitative estimate of drug-likeness (QED) is 0.899. The minimum atomic E-state index is -0.454. The van der Waals surface area contributed by atoms with E-state index in [0.29, 0.717) is 0 Å². The van der Waals surface area contributed by atoms with Crippen LogP contribution in [0.2, 0.25) is 0 Å². The number of aryl methyl sites for hydroxylation is 1. The first kappa shape index (κ1) is 13.9. The molecule has 3 nitrogen and oxygen atoms in total. The minimum Gasteiger partial charge on any atom is -0.444 e. The van der Waals surface area contributed by atoms with Crippen molar-refractivity contribution in [3.05, 3.63) is 35.4 Å². The van der Waals surface area contributed by atoms with Crippen molar-refractivity contribution in [1.82, 2.24) is 5.32 Å². The van der Waals surface area contributed by atoms with E-state index >= 15 is 0 Å². The Kier molecular flexibility index (Phi) is 3.57. The maximum atomic E-state index is 12.0. The van der Waals surface area contributed by atoms with Gasteiger partial charge in [0.05, 0.1) is 5.54 Å². The van der Waals surface area contributed by atoms with Crippen molar-refractivity contribution in [2.24, 2.45) is 0 Å². The summed E-state index contributed by atoms with van der Waals surface area (Å²) in [5.41, 5.74) is 1.89. The number of carbonyl (C=O) groups excluding carboxylic acids is 1. The Labute approximate surface area is 115 Å². The Hall–Kier alpha value is -1.51. The van der Waals surface area contributed by atoms with Crippen molar-refractivity contribution >= 4 is 6.09 Å². The molecule has 104 valence electrons. The molecule has 1 aromatic rings. The highest BCUT2D eigenvalue weighted by Gasteiger charge is 2.47. The fourth-order valence-electron chi connectivity index (χ4n) is 2.38. The molecule has 0 radical (unpaired) electrons. The van der Waals surface area contributed by atoms with Gasteiger partial charge in [0, 0.05) is 0 Å². The van der Waals surface area contributed by atoms with Crippen molar-refractivity contribution in [3.63, 3.8) is 0 Å². The maximum Gasteiger partial charge on any atom is 0.408 e. The Morgan fingerprint density at radius 2 is 1.95 bits per heavy atom. The Bertz CT molecular complexity index is 470. The topological polar surface area (TPSA) is 38.3 Å². The largest absolute Gasteiger partial charge is 0.444 e. The number of hydrogen-bond acceptors (Lipinski definition) is 2. The molecular weight excluding hydrogens is 238 g/mol. The minimum absolute atomic E-state index is 0.199. The van der Waals surface area contributed by atoms with Gasteiger partial charge in [0.2, 0.25) is 0 Å². The van der Waals surface area contributed by atoms with Gasteiger partial charge in [-0.3, -0.25) is 0 Å². The lowest BCUT2D eigenvalue weighted by atomic mass is 9.97. The molecule has 1 amide bonds. The van der Waals surface area contributed by atoms with E-state index in [-0.39, 0.29) is 11.6 Å². The highest BCUT2D eigenvalue weighted by molar-refractivity contribution is 5.70. The number of carbonyl (C=O) groups is 1. The van der Waals surface area contributed by atoms with Crippen LogP contribution < -0.4 is 5.32 Å². The molecule has 0 aliphatic heterocycles. The van der Waals surface area contributed by atoms with Gasteiger partial charge in [-0.2, -0.15) is 0 Å². The van der Waals surface area contributed by atoms with Gasteiger partial charge in [-0.15, -0.1) is 0 Å². The molecule has 3 heteroatoms. The molecule has 1 aliphatic rings. The first-order valence-corrected chi connectivity index (χ1v) is 6.96. The van der Waals surface area contributed by atoms with Crippen LogP contribution in [0.1, 0.15) is 51.7 Å². The number of benzene rings is 1. The number of nitrogens with one attached hydrogen (secondary N) is 1. The molecule has 2 rings (SSSR count). The van der Waals surface area contributed by atoms with Crippen molar-refractivity contribution < 1.29 is 9.53 Å². The van der Waals surface area contributed by atoms with E-state index in [9.17, 15) is 4.79 Å². The van der Waals surface area contributed by atoms with E-state index in [1.54, 1.807) is 0 Å². The summed E-state index contributed by atoms with van der Waals surface area (Å²) >= 11 is 0. The smallest absolute Gasteiger partial charge is 0.408 e. The number of rotatable bonds is 3. The van der Waals surface area contributed by atoms with Crippen LogP contribution >= 0.6 is 0 Å². The van der Waals surface area contributed by atoms with Crippen LogP contribution in [0.15, 0.2) is 24.3 Å². The van der Waals surface area contributed by atoms with Crippen LogP contribution in [0.25, 0.3) is 0 Å². The van der Waals surface area contributed by atoms with E-state index in [4.69, 9.17) is 4.74 Å². The summed E-state index contributed by atoms with van der Waals surface area (Å²) in [7, 11) is 0. The molecule has 1 N–H and O–H groups in total. The molecule has 0 unspecified atom stereocenters. The summed E-state index contributed by atoms with van der Waals surface area (Å²) in [4.78, 5) is 12.0. The first-order chi connectivity index (χ1) is 8.86. The van der Waals surface area contributed by atoms with Crippen LogP contribution in [-0.4, -0.2) is 11.7 Å². The molecular formula is C16H23NO2. The third-order valence-electron chi connectivity index (χ3n) is 3.40. The van der Waals surface area contributed by atoms with Gasteiger partial charge in [-0.1, -0.05) is 31.2 Å². The van der Waals surface area contributed by atoms with E-state index in [1.165, 1.54) is 11.1 Å². The normalized spacial score (nSPS) is 16.8. The van der Waals surface area contributed by atoms with E-state index in [0.717, 1.165) is 19.3 Å². The van der Waals surface area contributed by atoms with Crippen molar-refractivity contribution in [3.8, 4) is 0 Å². The van der Waals surface area contributed by atoms with Gasteiger partial charge in [-0.05, 0) is 51.2 Å². The highest BCUT2D eigenvalue weighted by Crippen LogP contribution is 2.47. The molecule has 0 spiro atoms. The molecule has 0 heterocycles. The van der Waals surface area contributed by atoms with Gasteiger partial charge < -0.3 is 10.1 Å². The monoisotopic (exact) mass is 261 g/mol. The SMILES string of the molecule is CCc1ccccc1C1(NC(=O)OC(C)(C)C)CC1. The number of alkyl carbamates (subject to hydrolysis) is 1. The molecule has 0 atom stereocenters. The van der Waals surface area contributed by atoms with Gasteiger partial charge >= 0.3 is 6.09 Å². The lowest BCUT2D eigenvalue weighted by molar-refractivity contribution is 0.0495. The first-order valence-electron chi connectivity index (χ1n) is 6.96. The zero-order chi connectivity index (χ0) is 14.1. The van der Waals surface area contributed by atoms with Crippen LogP contribution in [0.3, 0.4) is 0 Å². The maximum absolute atomic E-state index is 12.0. The second kappa shape index (κ2) is 4.87. The van der Waals surface area contributed by atoms with Crippen molar-refractivity contribution in [2.45, 2.75) is 58.1 Å². The average Bonchev–Trinajstić information content (AvgIpc) is 3.07. The lowest BCUT2D eigenvalue weighted by Gasteiger charge is -2.25. The predicted octanol–water partition coefficient (Wildman–Crippen LogP) is 3.76. The van der Waals surface area contributed by atoms with Gasteiger partial charge in [0.1, 0.15) is 5.60 Å². The molecule has 0 aromatic heterocycles. The van der Waals surface area contributed by atoms with Gasteiger partial charge in [0.15, 0.2) is 0 Å². The highest BCUT2D eigenvalue weighted by atomic mass is 16.6. The summed E-state index contributed by atoms with van der Waals surface area (Å²) in [6, 6.07) is 8.33. The number of hydrogen-bond donors (Lipinski definition) is 1. The van der Waals surface area contributed by atoms with Crippen molar-refractivity contribution in [2.75, 3.05) is 0 Å². The number of ether oxygens (including phenoxy) is 1. The molecule has 1 fully saturated rings. The second-order valence-corrected chi connectivity index (χ2v) is 6.22. The zero-order valence-electron chi connectivity index (χ0n) is 12.2. The molecule has 0 bridgehead atoms. The van der Waals surface area contributed by atoms with Crippen LogP contribution in [0.5, 0.6) is 0 Å². The third kappa shape index (κ3) is 3.28. The van der Waals surface area contributed by atoms with Gasteiger partial charge in [-0.25, -0.2) is 4.79 Å². The molecule has 0 saturated heterocycles. The summed E-state index contributed by atoms with van der Waals surface area (Å²) in [6.45, 7) is 7.78. The fourth-order valence-corrected chi connectivity index (χ4v) is 2.38. The van der Waals surface area contributed by atoms with E-state index in [2.05, 4.69) is 24.4 Å². The summed E-state index contributed by atoms with van der Waals surface area (Å²) in [5.74, 6) is 0. The molecule has 19 heavy (non-hydrogen) atoms. The Morgan fingerprint density at radius 1 is 1.32 bits per heavy atom. The van der Waals surface area contributed by atoms with Crippen LogP contribution in [-0.2, 0) is 16.7 Å². The van der Waals surface area contributed by atoms with Crippen molar-refractivity contribution in [1.29, 1.82) is 0 Å². The zero-order valence-corrected chi connectivity index (χ0v) is 12.2. The molecule has 1 aromatic carbocycles. The third-order valence-corrected chi connectivity index (χ3v) is 3.40. The van der Waals surface area contributed by atoms with E-state index < -0.39 is 5.60 Å². The summed E-state index contributed by atoms with van der Waals surface area (Å²) in [6.07, 6.45) is 2.64. The molecule has 1 saturated carbocycles. The Morgan fingerprint density at radius 3 is 2.47 bits per heavy atom. The lowest BCUT2D eigenvalue weighted by Crippen LogP contribution is -2.39. The summed E-state index contributed by atoms with van der Waals surface area (Å²) in [5, 5.41) is 3.05. The predicted molar refractivity (Wildman–Crippen MR) is 76.1 cm³/mol. The van der Waals surface area contributed by atoms with Gasteiger partial charge in [0.25, 0.3) is 0 Å².